The van der Waals surface area contributed by atoms with Crippen LogP contribution in [0.1, 0.15) is 35.0 Å². The Morgan fingerprint density at radius 3 is 2.71 bits per heavy atom. The number of aryl methyl sites for hydroxylation is 2. The summed E-state index contributed by atoms with van der Waals surface area (Å²) >= 11 is 0. The molecule has 1 unspecified atom stereocenters. The number of benzene rings is 1. The molecule has 1 aromatic heterocycles. The lowest BCUT2D eigenvalue weighted by Crippen LogP contribution is -2.47. The van der Waals surface area contributed by atoms with Gasteiger partial charge in [-0.1, -0.05) is 0 Å². The van der Waals surface area contributed by atoms with E-state index in [9.17, 15) is 9.59 Å². The number of rotatable bonds is 4. The summed E-state index contributed by atoms with van der Waals surface area (Å²) in [4.78, 5) is 25.1. The zero-order valence-corrected chi connectivity index (χ0v) is 14.2. The van der Waals surface area contributed by atoms with Crippen LogP contribution in [0.3, 0.4) is 0 Å². The molecular formula is C18H22N2O4. The first-order chi connectivity index (χ1) is 11.3. The number of furan rings is 1. The average molecular weight is 330 g/mol. The van der Waals surface area contributed by atoms with Crippen LogP contribution in [-0.4, -0.2) is 47.1 Å². The van der Waals surface area contributed by atoms with Crippen molar-refractivity contribution in [2.45, 2.75) is 32.7 Å². The Balaban J connectivity index is 1.76. The number of carboxylic acids is 1. The summed E-state index contributed by atoms with van der Waals surface area (Å²) in [6, 6.07) is 5.75. The van der Waals surface area contributed by atoms with Crippen molar-refractivity contribution >= 4 is 22.8 Å². The van der Waals surface area contributed by atoms with Crippen molar-refractivity contribution in [3.63, 3.8) is 0 Å². The zero-order valence-electron chi connectivity index (χ0n) is 14.2. The number of hydrogen-bond acceptors (Lipinski definition) is 4. The van der Waals surface area contributed by atoms with Gasteiger partial charge in [0.2, 0.25) is 0 Å². The van der Waals surface area contributed by atoms with Crippen molar-refractivity contribution in [3.8, 4) is 0 Å². The number of carboxylic acid groups (broad SMARTS) is 1. The lowest BCUT2D eigenvalue weighted by molar-refractivity contribution is -0.136. The lowest BCUT2D eigenvalue weighted by Gasteiger charge is -2.25. The molecule has 1 atom stereocenters. The Hall–Kier alpha value is -2.34. The van der Waals surface area contributed by atoms with Gasteiger partial charge in [-0.05, 0) is 56.5 Å². The molecule has 0 saturated carbocycles. The fraction of sp³-hybridized carbons (Fsp3) is 0.444. The van der Waals surface area contributed by atoms with E-state index in [1.807, 2.05) is 32.9 Å². The van der Waals surface area contributed by atoms with Crippen molar-refractivity contribution < 1.29 is 19.1 Å². The van der Waals surface area contributed by atoms with Gasteiger partial charge in [-0.15, -0.1) is 0 Å². The second-order valence-electron chi connectivity index (χ2n) is 6.87. The standard InChI is InChI=1S/C18H22N2O4/c1-11-6-13-8-15(24-14(13)7-12(11)2)17(23)20-5-4-18(3,10-20)19-9-16(21)22/h6-8,19H,4-5,9-10H2,1-3H3,(H,21,22). The second-order valence-corrected chi connectivity index (χ2v) is 6.87. The summed E-state index contributed by atoms with van der Waals surface area (Å²) in [5, 5.41) is 12.7. The van der Waals surface area contributed by atoms with Gasteiger partial charge in [0, 0.05) is 24.0 Å². The molecule has 3 rings (SSSR count). The van der Waals surface area contributed by atoms with E-state index in [-0.39, 0.29) is 18.0 Å². The molecule has 1 saturated heterocycles. The Kier molecular flexibility index (Phi) is 4.09. The highest BCUT2D eigenvalue weighted by atomic mass is 16.4. The maximum absolute atomic E-state index is 12.7. The van der Waals surface area contributed by atoms with Gasteiger partial charge in [-0.2, -0.15) is 0 Å². The molecule has 2 N–H and O–H groups in total. The molecular weight excluding hydrogens is 308 g/mol. The minimum absolute atomic E-state index is 0.109. The first kappa shape index (κ1) is 16.5. The number of nitrogens with zero attached hydrogens (tertiary/aromatic N) is 1. The van der Waals surface area contributed by atoms with Gasteiger partial charge < -0.3 is 14.4 Å². The number of carbonyl (C=O) groups excluding carboxylic acids is 1. The third kappa shape index (κ3) is 3.14. The molecule has 1 aliphatic heterocycles. The smallest absolute Gasteiger partial charge is 0.317 e. The van der Waals surface area contributed by atoms with Crippen LogP contribution in [0, 0.1) is 13.8 Å². The highest BCUT2D eigenvalue weighted by Crippen LogP contribution is 2.27. The minimum atomic E-state index is -0.899. The topological polar surface area (TPSA) is 82.8 Å². The van der Waals surface area contributed by atoms with Crippen LogP contribution < -0.4 is 5.32 Å². The number of aliphatic carboxylic acids is 1. The highest BCUT2D eigenvalue weighted by Gasteiger charge is 2.37. The predicted octanol–water partition coefficient (Wildman–Crippen LogP) is 2.33. The van der Waals surface area contributed by atoms with E-state index in [2.05, 4.69) is 5.32 Å². The van der Waals surface area contributed by atoms with Crippen LogP contribution in [0.4, 0.5) is 0 Å². The first-order valence-electron chi connectivity index (χ1n) is 8.04. The van der Waals surface area contributed by atoms with Gasteiger partial charge >= 0.3 is 5.97 Å². The van der Waals surface area contributed by atoms with E-state index >= 15 is 0 Å². The van der Waals surface area contributed by atoms with E-state index in [0.29, 0.717) is 30.9 Å². The molecule has 6 heteroatoms. The molecule has 24 heavy (non-hydrogen) atoms. The SMILES string of the molecule is Cc1cc2cc(C(=O)N3CCC(C)(NCC(=O)O)C3)oc2cc1C. The quantitative estimate of drug-likeness (QED) is 0.899. The number of amides is 1. The van der Waals surface area contributed by atoms with E-state index in [1.165, 1.54) is 0 Å². The fourth-order valence-electron chi connectivity index (χ4n) is 3.13. The minimum Gasteiger partial charge on any atom is -0.480 e. The van der Waals surface area contributed by atoms with Crippen LogP contribution in [0.15, 0.2) is 22.6 Å². The summed E-state index contributed by atoms with van der Waals surface area (Å²) in [7, 11) is 0. The van der Waals surface area contributed by atoms with Crippen molar-refractivity contribution in [2.24, 2.45) is 0 Å². The number of likely N-dealkylation sites (tertiary alicyclic amines) is 1. The van der Waals surface area contributed by atoms with Crippen LogP contribution in [-0.2, 0) is 4.79 Å². The Morgan fingerprint density at radius 2 is 2.00 bits per heavy atom. The average Bonchev–Trinajstić information content (AvgIpc) is 3.10. The molecule has 0 spiro atoms. The second kappa shape index (κ2) is 5.94. The van der Waals surface area contributed by atoms with Crippen molar-refractivity contribution in [2.75, 3.05) is 19.6 Å². The van der Waals surface area contributed by atoms with Crippen LogP contribution >= 0.6 is 0 Å². The van der Waals surface area contributed by atoms with E-state index < -0.39 is 5.97 Å². The summed E-state index contributed by atoms with van der Waals surface area (Å²) in [5.74, 6) is -0.719. The maximum Gasteiger partial charge on any atom is 0.317 e. The van der Waals surface area contributed by atoms with Crippen molar-refractivity contribution in [1.29, 1.82) is 0 Å². The predicted molar refractivity (Wildman–Crippen MR) is 90.3 cm³/mol. The van der Waals surface area contributed by atoms with Crippen LogP contribution in [0.5, 0.6) is 0 Å². The summed E-state index contributed by atoms with van der Waals surface area (Å²) in [6.45, 7) is 6.92. The molecule has 1 aliphatic rings. The molecule has 128 valence electrons. The van der Waals surface area contributed by atoms with Gasteiger partial charge in [0.05, 0.1) is 6.54 Å². The zero-order chi connectivity index (χ0) is 17.5. The number of nitrogens with one attached hydrogen (secondary N) is 1. The Bertz CT molecular complexity index is 772. The van der Waals surface area contributed by atoms with E-state index in [4.69, 9.17) is 9.52 Å². The maximum atomic E-state index is 12.7. The third-order valence-electron chi connectivity index (χ3n) is 4.77. The van der Waals surface area contributed by atoms with Crippen LogP contribution in [0.25, 0.3) is 11.0 Å². The van der Waals surface area contributed by atoms with Gasteiger partial charge in [0.1, 0.15) is 5.58 Å². The summed E-state index contributed by atoms with van der Waals surface area (Å²) < 4.78 is 5.74. The summed E-state index contributed by atoms with van der Waals surface area (Å²) in [6.07, 6.45) is 0.713. The molecule has 0 radical (unpaired) electrons. The van der Waals surface area contributed by atoms with Gasteiger partial charge in [0.25, 0.3) is 5.91 Å². The third-order valence-corrected chi connectivity index (χ3v) is 4.77. The molecule has 2 aromatic rings. The molecule has 1 amide bonds. The molecule has 6 nitrogen and oxygen atoms in total. The van der Waals surface area contributed by atoms with Gasteiger partial charge in [0.15, 0.2) is 5.76 Å². The number of hydrogen-bond donors (Lipinski definition) is 2. The monoisotopic (exact) mass is 330 g/mol. The van der Waals surface area contributed by atoms with Crippen molar-refractivity contribution in [1.82, 2.24) is 10.2 Å². The van der Waals surface area contributed by atoms with Crippen LogP contribution in [0.2, 0.25) is 0 Å². The molecule has 2 heterocycles. The van der Waals surface area contributed by atoms with E-state index in [1.54, 1.807) is 11.0 Å². The lowest BCUT2D eigenvalue weighted by atomic mass is 10.0. The molecule has 0 aliphatic carbocycles. The normalized spacial score (nSPS) is 20.7. The number of carbonyl (C=O) groups is 2. The first-order valence-corrected chi connectivity index (χ1v) is 8.04. The van der Waals surface area contributed by atoms with Gasteiger partial charge in [-0.25, -0.2) is 0 Å². The molecule has 1 aromatic carbocycles. The largest absolute Gasteiger partial charge is 0.480 e. The van der Waals surface area contributed by atoms with Crippen molar-refractivity contribution in [3.05, 3.63) is 35.1 Å². The Labute approximate surface area is 140 Å². The Morgan fingerprint density at radius 1 is 1.29 bits per heavy atom. The summed E-state index contributed by atoms with van der Waals surface area (Å²) in [5.41, 5.74) is 2.62. The number of fused-ring (bicyclic) bond motifs is 1. The molecule has 0 bridgehead atoms. The highest BCUT2D eigenvalue weighted by molar-refractivity contribution is 5.96. The van der Waals surface area contributed by atoms with Gasteiger partial charge in [-0.3, -0.25) is 14.9 Å². The fourth-order valence-corrected chi connectivity index (χ4v) is 3.13. The molecule has 1 fully saturated rings. The van der Waals surface area contributed by atoms with E-state index in [0.717, 1.165) is 16.5 Å².